The highest BCUT2D eigenvalue weighted by Gasteiger charge is 2.84. The highest BCUT2D eigenvalue weighted by molar-refractivity contribution is 5.87. The Morgan fingerprint density at radius 3 is 2.30 bits per heavy atom. The van der Waals surface area contributed by atoms with Crippen LogP contribution in [0.5, 0.6) is 0 Å². The average molecular weight is 442 g/mol. The summed E-state index contributed by atoms with van der Waals surface area (Å²) in [6.45, 7) is 8.65. The van der Waals surface area contributed by atoms with Gasteiger partial charge in [-0.25, -0.2) is 4.79 Å². The van der Waals surface area contributed by atoms with Crippen molar-refractivity contribution in [3.05, 3.63) is 12.2 Å². The maximum Gasteiger partial charge on any atom is 0.449 e. The molecule has 0 radical (unpaired) electrons. The topological polar surface area (TPSA) is 65.0 Å². The summed E-state index contributed by atoms with van der Waals surface area (Å²) in [7, 11) is 0. The number of fused-ring (bicyclic) bond motifs is 3. The van der Waals surface area contributed by atoms with Crippen LogP contribution in [0.4, 0.5) is 22.0 Å². The van der Waals surface area contributed by atoms with Gasteiger partial charge in [0, 0.05) is 5.57 Å². The molecule has 10 heteroatoms. The highest BCUT2D eigenvalue weighted by atomic mass is 19.4. The number of hydrogen-bond acceptors (Lipinski definition) is 5. The molecule has 3 rings (SSSR count). The molecule has 0 aromatic carbocycles. The lowest BCUT2D eigenvalue weighted by molar-refractivity contribution is -0.551. The van der Waals surface area contributed by atoms with Crippen LogP contribution in [0.25, 0.3) is 0 Å². The first kappa shape index (κ1) is 23.4. The fraction of sp³-hybridized carbons (Fsp3) is 0.850. The molecule has 0 aromatic rings. The number of ether oxygens (including phenoxy) is 3. The van der Waals surface area contributed by atoms with E-state index in [4.69, 9.17) is 9.47 Å². The monoisotopic (exact) mass is 442 g/mol. The molecule has 3 fully saturated rings. The van der Waals surface area contributed by atoms with Gasteiger partial charge in [0.2, 0.25) is 0 Å². The molecule has 1 aliphatic heterocycles. The van der Waals surface area contributed by atoms with E-state index in [2.05, 4.69) is 11.3 Å². The summed E-state index contributed by atoms with van der Waals surface area (Å²) in [6.07, 6.45) is -5.58. The SMILES string of the molecule is C=C(C)C(=O)OC1(C)CC2CCC3(OC(C)(C)OC(O)(C(F)(F)F)C3(F)F)C(C2)C1. The molecule has 1 N–H and O–H groups in total. The molecule has 1 spiro atoms. The standard InChI is InChI=1S/C20H27F5O5/c1-11(2)14(26)28-16(5)9-12-6-7-17(13(8-12)10-16)18(21,22)19(27,20(23,24)25)30-15(3,4)29-17/h12-13,27H,1,6-10H2,2-5H3. The first-order valence-electron chi connectivity index (χ1n) is 9.84. The Hall–Kier alpha value is -1.26. The number of halogens is 5. The van der Waals surface area contributed by atoms with Gasteiger partial charge in [-0.2, -0.15) is 22.0 Å². The van der Waals surface area contributed by atoms with Crippen LogP contribution >= 0.6 is 0 Å². The van der Waals surface area contributed by atoms with Gasteiger partial charge in [0.1, 0.15) is 11.2 Å². The molecule has 1 heterocycles. The second-order valence-electron chi connectivity index (χ2n) is 9.57. The summed E-state index contributed by atoms with van der Waals surface area (Å²) in [6, 6.07) is 0. The number of hydrogen-bond donors (Lipinski definition) is 1. The van der Waals surface area contributed by atoms with E-state index >= 15 is 8.78 Å². The predicted molar refractivity (Wildman–Crippen MR) is 94.3 cm³/mol. The Labute approximate surface area is 171 Å². The highest BCUT2D eigenvalue weighted by Crippen LogP contribution is 2.64. The molecule has 1 saturated heterocycles. The summed E-state index contributed by atoms with van der Waals surface area (Å²) in [5, 5.41) is 10.2. The Balaban J connectivity index is 2.05. The van der Waals surface area contributed by atoms with Gasteiger partial charge in [0.15, 0.2) is 5.79 Å². The number of alkyl halides is 5. The Morgan fingerprint density at radius 1 is 1.17 bits per heavy atom. The third-order valence-corrected chi connectivity index (χ3v) is 6.45. The van der Waals surface area contributed by atoms with Gasteiger partial charge in [-0.1, -0.05) is 6.58 Å². The minimum Gasteiger partial charge on any atom is -0.456 e. The van der Waals surface area contributed by atoms with Crippen LogP contribution in [0.3, 0.4) is 0 Å². The quantitative estimate of drug-likeness (QED) is 0.388. The molecule has 0 aromatic heterocycles. The summed E-state index contributed by atoms with van der Waals surface area (Å²) in [4.78, 5) is 12.1. The van der Waals surface area contributed by atoms with Crippen molar-refractivity contribution in [3.8, 4) is 0 Å². The van der Waals surface area contributed by atoms with Crippen LogP contribution in [0, 0.1) is 11.8 Å². The van der Waals surface area contributed by atoms with Gasteiger partial charge in [0.05, 0.1) is 0 Å². The van der Waals surface area contributed by atoms with Crippen molar-refractivity contribution in [1.29, 1.82) is 0 Å². The number of carbonyl (C=O) groups is 1. The first-order valence-corrected chi connectivity index (χ1v) is 9.84. The Bertz CT molecular complexity index is 750. The molecule has 5 atom stereocenters. The van der Waals surface area contributed by atoms with Crippen molar-refractivity contribution < 1.29 is 46.1 Å². The van der Waals surface area contributed by atoms with Crippen molar-refractivity contribution in [3.63, 3.8) is 0 Å². The van der Waals surface area contributed by atoms with Crippen LogP contribution in [0.1, 0.15) is 59.8 Å². The molecular weight excluding hydrogens is 415 g/mol. The van der Waals surface area contributed by atoms with Crippen molar-refractivity contribution in [2.24, 2.45) is 11.8 Å². The smallest absolute Gasteiger partial charge is 0.449 e. The molecule has 2 saturated carbocycles. The van der Waals surface area contributed by atoms with E-state index in [0.29, 0.717) is 6.42 Å². The third kappa shape index (κ3) is 3.35. The van der Waals surface area contributed by atoms with Gasteiger partial charge in [-0.15, -0.1) is 0 Å². The van der Waals surface area contributed by atoms with E-state index in [9.17, 15) is 23.1 Å². The van der Waals surface area contributed by atoms with Crippen LogP contribution in [-0.4, -0.2) is 46.0 Å². The molecule has 2 aliphatic carbocycles. The minimum atomic E-state index is -5.76. The van der Waals surface area contributed by atoms with E-state index in [1.54, 1.807) is 6.92 Å². The van der Waals surface area contributed by atoms with Crippen molar-refractivity contribution >= 4 is 5.97 Å². The maximum absolute atomic E-state index is 15.5. The number of rotatable bonds is 2. The largest absolute Gasteiger partial charge is 0.456 e. The summed E-state index contributed by atoms with van der Waals surface area (Å²) in [5.74, 6) is -13.6. The lowest BCUT2D eigenvalue weighted by Gasteiger charge is -2.62. The normalized spacial score (nSPS) is 42.6. The Kier molecular flexibility index (Phi) is 5.16. The molecule has 0 amide bonds. The van der Waals surface area contributed by atoms with E-state index < -0.39 is 46.8 Å². The number of esters is 1. The lowest BCUT2D eigenvalue weighted by atomic mass is 9.57. The zero-order valence-corrected chi connectivity index (χ0v) is 17.4. The van der Waals surface area contributed by atoms with Crippen molar-refractivity contribution in [2.45, 2.75) is 94.7 Å². The van der Waals surface area contributed by atoms with E-state index in [-0.39, 0.29) is 37.2 Å². The predicted octanol–water partition coefficient (Wildman–Crippen LogP) is 4.48. The zero-order chi connectivity index (χ0) is 23.0. The molecule has 2 bridgehead atoms. The molecule has 3 aliphatic rings. The molecule has 5 unspecified atom stereocenters. The molecule has 5 nitrogen and oxygen atoms in total. The van der Waals surface area contributed by atoms with Gasteiger partial charge in [0.25, 0.3) is 0 Å². The van der Waals surface area contributed by atoms with Gasteiger partial charge < -0.3 is 19.3 Å². The fourth-order valence-electron chi connectivity index (χ4n) is 5.39. The molecular formula is C20H27F5O5. The average Bonchev–Trinajstić information content (AvgIpc) is 2.54. The Morgan fingerprint density at radius 2 is 1.77 bits per heavy atom. The summed E-state index contributed by atoms with van der Waals surface area (Å²) < 4.78 is 87.4. The molecule has 30 heavy (non-hydrogen) atoms. The van der Waals surface area contributed by atoms with E-state index in [1.165, 1.54) is 6.92 Å². The minimum absolute atomic E-state index is 0.127. The lowest BCUT2D eigenvalue weighted by Crippen LogP contribution is -2.80. The summed E-state index contributed by atoms with van der Waals surface area (Å²) >= 11 is 0. The van der Waals surface area contributed by atoms with Crippen LogP contribution in [-0.2, 0) is 19.0 Å². The number of aliphatic hydroxyl groups is 1. The zero-order valence-electron chi connectivity index (χ0n) is 17.4. The number of carbonyl (C=O) groups excluding carboxylic acids is 1. The molecule has 172 valence electrons. The maximum atomic E-state index is 15.5. The third-order valence-electron chi connectivity index (χ3n) is 6.45. The van der Waals surface area contributed by atoms with Crippen molar-refractivity contribution in [2.75, 3.05) is 0 Å². The second-order valence-corrected chi connectivity index (χ2v) is 9.57. The van der Waals surface area contributed by atoms with E-state index in [1.807, 2.05) is 0 Å². The van der Waals surface area contributed by atoms with Crippen LogP contribution < -0.4 is 0 Å². The van der Waals surface area contributed by atoms with Crippen LogP contribution in [0.2, 0.25) is 0 Å². The van der Waals surface area contributed by atoms with E-state index in [0.717, 1.165) is 13.8 Å². The first-order chi connectivity index (χ1) is 13.4. The fourth-order valence-corrected chi connectivity index (χ4v) is 5.39. The van der Waals surface area contributed by atoms with Crippen LogP contribution in [0.15, 0.2) is 12.2 Å². The van der Waals surface area contributed by atoms with Gasteiger partial charge in [-0.05, 0) is 71.6 Å². The summed E-state index contributed by atoms with van der Waals surface area (Å²) in [5.41, 5.74) is -3.68. The second kappa shape index (κ2) is 6.62. The van der Waals surface area contributed by atoms with Gasteiger partial charge >= 0.3 is 23.9 Å². The van der Waals surface area contributed by atoms with Gasteiger partial charge in [-0.3, -0.25) is 0 Å². The van der Waals surface area contributed by atoms with Crippen molar-refractivity contribution in [1.82, 2.24) is 0 Å².